The van der Waals surface area contributed by atoms with E-state index in [-0.39, 0.29) is 30.0 Å². The zero-order valence-electron chi connectivity index (χ0n) is 12.4. The first-order valence-electron chi connectivity index (χ1n) is 7.64. The Morgan fingerprint density at radius 3 is 2.83 bits per heavy atom. The highest BCUT2D eigenvalue weighted by Gasteiger charge is 2.41. The van der Waals surface area contributed by atoms with E-state index < -0.39 is 16.0 Å². The van der Waals surface area contributed by atoms with Gasteiger partial charge in [-0.3, -0.25) is 10.00 Å². The Kier molecular flexibility index (Phi) is 3.62. The van der Waals surface area contributed by atoms with Crippen LogP contribution in [-0.2, 0) is 9.84 Å². The second-order valence-electron chi connectivity index (χ2n) is 6.47. The molecule has 2 saturated heterocycles. The molecule has 23 heavy (non-hydrogen) atoms. The van der Waals surface area contributed by atoms with Gasteiger partial charge in [0.2, 0.25) is 0 Å². The molecule has 2 aliphatic rings. The molecule has 0 bridgehead atoms. The predicted molar refractivity (Wildman–Crippen MR) is 87.4 cm³/mol. The predicted octanol–water partition coefficient (Wildman–Crippen LogP) is 2.14. The smallest absolute Gasteiger partial charge is 0.153 e. The van der Waals surface area contributed by atoms with Crippen molar-refractivity contribution in [1.82, 2.24) is 15.1 Å². The first-order valence-corrected chi connectivity index (χ1v) is 9.84. The molecule has 0 amide bonds. The Morgan fingerprint density at radius 1 is 1.35 bits per heavy atom. The van der Waals surface area contributed by atoms with Crippen LogP contribution < -0.4 is 0 Å². The highest BCUT2D eigenvalue weighted by Crippen LogP contribution is 2.37. The zero-order chi connectivity index (χ0) is 16.2. The topological polar surface area (TPSA) is 66.1 Å². The average Bonchev–Trinajstić information content (AvgIpc) is 2.91. The van der Waals surface area contributed by atoms with Crippen LogP contribution in [0.4, 0.5) is 4.39 Å². The van der Waals surface area contributed by atoms with Crippen molar-refractivity contribution in [2.45, 2.75) is 24.6 Å². The molecule has 124 valence electrons. The fraction of sp³-hybridized carbons (Fsp3) is 0.533. The van der Waals surface area contributed by atoms with Gasteiger partial charge in [0.25, 0.3) is 0 Å². The number of nitrogens with zero attached hydrogens (tertiary/aromatic N) is 2. The van der Waals surface area contributed by atoms with Crippen molar-refractivity contribution in [1.29, 1.82) is 0 Å². The fourth-order valence-corrected chi connectivity index (χ4v) is 5.43. The summed E-state index contributed by atoms with van der Waals surface area (Å²) in [5, 5.41) is 8.33. The van der Waals surface area contributed by atoms with E-state index in [1.165, 1.54) is 0 Å². The molecule has 5 nitrogen and oxygen atoms in total. The summed E-state index contributed by atoms with van der Waals surface area (Å²) in [7, 11) is -2.88. The van der Waals surface area contributed by atoms with E-state index in [0.717, 1.165) is 16.5 Å². The molecule has 4 rings (SSSR count). The van der Waals surface area contributed by atoms with E-state index in [1.54, 1.807) is 6.20 Å². The summed E-state index contributed by atoms with van der Waals surface area (Å²) in [5.74, 6) is 0.0550. The fourth-order valence-electron chi connectivity index (χ4n) is 3.62. The third-order valence-electron chi connectivity index (χ3n) is 4.94. The van der Waals surface area contributed by atoms with Crippen LogP contribution in [0.1, 0.15) is 17.9 Å². The van der Waals surface area contributed by atoms with E-state index >= 15 is 0 Å². The summed E-state index contributed by atoms with van der Waals surface area (Å²) in [5.41, 5.74) is 1.65. The Morgan fingerprint density at radius 2 is 2.13 bits per heavy atom. The third-order valence-corrected chi connectivity index (χ3v) is 7.05. The van der Waals surface area contributed by atoms with E-state index in [0.29, 0.717) is 18.0 Å². The highest BCUT2D eigenvalue weighted by atomic mass is 35.5. The number of H-pyrrole nitrogens is 1. The molecule has 1 aromatic heterocycles. The van der Waals surface area contributed by atoms with E-state index in [9.17, 15) is 12.8 Å². The number of benzene rings is 1. The van der Waals surface area contributed by atoms with Gasteiger partial charge in [-0.05, 0) is 30.7 Å². The number of alkyl halides is 1. The molecule has 1 N–H and O–H groups in total. The summed E-state index contributed by atoms with van der Waals surface area (Å²) in [6.07, 6.45) is 1.28. The standard InChI is InChI=1S/C15H17ClFN3O2S/c16-13-3-9-5-18-19-15(9)4-12(13)11-1-2-20(6-14(11)17)10-7-23(21,22)8-10/h3-5,10-11,14H,1-2,6-8H2,(H,18,19)/t11?,14-/m1/s1. The van der Waals surface area contributed by atoms with Crippen LogP contribution in [-0.4, -0.2) is 60.3 Å². The van der Waals surface area contributed by atoms with Crippen LogP contribution in [0.3, 0.4) is 0 Å². The van der Waals surface area contributed by atoms with Gasteiger partial charge in [-0.1, -0.05) is 11.6 Å². The van der Waals surface area contributed by atoms with Gasteiger partial charge >= 0.3 is 0 Å². The van der Waals surface area contributed by atoms with Gasteiger partial charge < -0.3 is 0 Å². The molecule has 2 aliphatic heterocycles. The van der Waals surface area contributed by atoms with Gasteiger partial charge in [0, 0.05) is 28.9 Å². The molecule has 8 heteroatoms. The lowest BCUT2D eigenvalue weighted by atomic mass is 9.87. The van der Waals surface area contributed by atoms with Gasteiger partial charge in [-0.2, -0.15) is 5.10 Å². The Bertz CT molecular complexity index is 842. The van der Waals surface area contributed by atoms with Gasteiger partial charge in [-0.25, -0.2) is 12.8 Å². The van der Waals surface area contributed by atoms with Gasteiger partial charge in [0.05, 0.1) is 23.2 Å². The summed E-state index contributed by atoms with van der Waals surface area (Å²) in [6, 6.07) is 3.67. The monoisotopic (exact) mass is 357 g/mol. The summed E-state index contributed by atoms with van der Waals surface area (Å²) < 4.78 is 37.3. The number of sulfone groups is 1. The maximum atomic E-state index is 14.7. The minimum Gasteiger partial charge on any atom is -0.295 e. The molecule has 2 atom stereocenters. The number of nitrogens with one attached hydrogen (secondary N) is 1. The first-order chi connectivity index (χ1) is 10.9. The van der Waals surface area contributed by atoms with Gasteiger partial charge in [-0.15, -0.1) is 0 Å². The van der Waals surface area contributed by atoms with Crippen molar-refractivity contribution in [3.63, 3.8) is 0 Å². The lowest BCUT2D eigenvalue weighted by Crippen LogP contribution is -2.57. The Labute approximate surface area is 138 Å². The number of aromatic amines is 1. The van der Waals surface area contributed by atoms with E-state index in [4.69, 9.17) is 11.6 Å². The third kappa shape index (κ3) is 2.75. The van der Waals surface area contributed by atoms with Crippen LogP contribution in [0, 0.1) is 0 Å². The first kappa shape index (κ1) is 15.4. The summed E-state index contributed by atoms with van der Waals surface area (Å²) in [6.45, 7) is 0.963. The quantitative estimate of drug-likeness (QED) is 0.894. The molecule has 0 spiro atoms. The van der Waals surface area contributed by atoms with Crippen LogP contribution in [0.5, 0.6) is 0 Å². The molecule has 1 aromatic carbocycles. The van der Waals surface area contributed by atoms with Crippen LogP contribution in [0.25, 0.3) is 10.9 Å². The molecule has 2 aromatic rings. The zero-order valence-corrected chi connectivity index (χ0v) is 13.9. The minimum absolute atomic E-state index is 0.0234. The van der Waals surface area contributed by atoms with Crippen LogP contribution in [0.15, 0.2) is 18.3 Å². The number of halogens is 2. The van der Waals surface area contributed by atoms with E-state index in [2.05, 4.69) is 10.2 Å². The molecule has 0 radical (unpaired) electrons. The lowest BCUT2D eigenvalue weighted by Gasteiger charge is -2.42. The van der Waals surface area contributed by atoms with Crippen molar-refractivity contribution in [3.8, 4) is 0 Å². The van der Waals surface area contributed by atoms with Crippen molar-refractivity contribution < 1.29 is 12.8 Å². The number of aromatic nitrogens is 2. The number of piperidine rings is 1. The second kappa shape index (κ2) is 5.43. The molecule has 0 saturated carbocycles. The SMILES string of the molecule is O=S1(=O)CC(N2CCC(c3cc4[nH]ncc4cc3Cl)[C@H](F)C2)C1. The molecular weight excluding hydrogens is 341 g/mol. The number of hydrogen-bond donors (Lipinski definition) is 1. The van der Waals surface area contributed by atoms with Crippen molar-refractivity contribution in [2.24, 2.45) is 0 Å². The number of likely N-dealkylation sites (tertiary alicyclic amines) is 1. The molecule has 2 fully saturated rings. The number of fused-ring (bicyclic) bond motifs is 1. The van der Waals surface area contributed by atoms with Crippen LogP contribution in [0.2, 0.25) is 5.02 Å². The van der Waals surface area contributed by atoms with Crippen LogP contribution >= 0.6 is 11.6 Å². The number of hydrogen-bond acceptors (Lipinski definition) is 4. The van der Waals surface area contributed by atoms with Gasteiger partial charge in [0.1, 0.15) is 6.17 Å². The maximum absolute atomic E-state index is 14.7. The normalized spacial score (nSPS) is 28.8. The average molecular weight is 358 g/mol. The lowest BCUT2D eigenvalue weighted by molar-refractivity contribution is 0.0912. The summed E-state index contributed by atoms with van der Waals surface area (Å²) >= 11 is 6.33. The van der Waals surface area contributed by atoms with Crippen molar-refractivity contribution >= 4 is 32.3 Å². The Hall–Kier alpha value is -1.18. The highest BCUT2D eigenvalue weighted by molar-refractivity contribution is 7.92. The number of rotatable bonds is 2. The molecule has 0 aliphatic carbocycles. The largest absolute Gasteiger partial charge is 0.295 e. The van der Waals surface area contributed by atoms with Crippen molar-refractivity contribution in [2.75, 3.05) is 24.6 Å². The van der Waals surface area contributed by atoms with E-state index in [1.807, 2.05) is 17.0 Å². The molecular formula is C15H17ClFN3O2S. The Balaban J connectivity index is 1.53. The molecule has 3 heterocycles. The summed E-state index contributed by atoms with van der Waals surface area (Å²) in [4.78, 5) is 1.96. The molecule has 1 unspecified atom stereocenters. The second-order valence-corrected chi connectivity index (χ2v) is 9.03. The van der Waals surface area contributed by atoms with Gasteiger partial charge in [0.15, 0.2) is 9.84 Å². The minimum atomic E-state index is -2.88. The maximum Gasteiger partial charge on any atom is 0.153 e. The van der Waals surface area contributed by atoms with Crippen molar-refractivity contribution in [3.05, 3.63) is 28.9 Å².